The molecule has 1 aliphatic heterocycles. The van der Waals surface area contributed by atoms with E-state index in [1.54, 1.807) is 6.07 Å². The van der Waals surface area contributed by atoms with Crippen LogP contribution in [0.25, 0.3) is 0 Å². The Morgan fingerprint density at radius 2 is 2.29 bits per heavy atom. The van der Waals surface area contributed by atoms with Crippen LogP contribution >= 0.6 is 23.2 Å². The molecule has 0 spiro atoms. The third-order valence-corrected chi connectivity index (χ3v) is 4.55. The lowest BCUT2D eigenvalue weighted by atomic mass is 9.78. The van der Waals surface area contributed by atoms with Gasteiger partial charge in [0.15, 0.2) is 0 Å². The summed E-state index contributed by atoms with van der Waals surface area (Å²) in [5.41, 5.74) is 0.684. The number of halogens is 3. The van der Waals surface area contributed by atoms with Gasteiger partial charge in [-0.05, 0) is 43.5 Å². The summed E-state index contributed by atoms with van der Waals surface area (Å²) >= 11 is 12.2. The summed E-state index contributed by atoms with van der Waals surface area (Å²) in [7, 11) is 0. The van der Waals surface area contributed by atoms with Crippen LogP contribution in [0.5, 0.6) is 0 Å². The highest BCUT2D eigenvalue weighted by atomic mass is 35.5. The number of ether oxygens (including phenoxy) is 1. The van der Waals surface area contributed by atoms with E-state index in [0.29, 0.717) is 23.9 Å². The molecule has 0 aliphatic carbocycles. The van der Waals surface area contributed by atoms with Gasteiger partial charge in [-0.3, -0.25) is 0 Å². The molecule has 1 heterocycles. The van der Waals surface area contributed by atoms with Crippen molar-refractivity contribution in [3.63, 3.8) is 0 Å². The molecule has 1 saturated heterocycles. The maximum absolute atomic E-state index is 13.2. The molecule has 0 bridgehead atoms. The molecule has 4 heteroatoms. The van der Waals surface area contributed by atoms with Crippen molar-refractivity contribution in [3.05, 3.63) is 34.6 Å². The van der Waals surface area contributed by atoms with Crippen LogP contribution in [0.1, 0.15) is 18.9 Å². The van der Waals surface area contributed by atoms with Gasteiger partial charge in [0.25, 0.3) is 0 Å². The Kier molecular flexibility index (Phi) is 3.96. The third-order valence-electron chi connectivity index (χ3n) is 3.65. The number of rotatable bonds is 3. The lowest BCUT2D eigenvalue weighted by molar-refractivity contribution is 0.0735. The van der Waals surface area contributed by atoms with E-state index in [-0.39, 0.29) is 17.3 Å². The largest absolute Gasteiger partial charge is 0.378 e. The average Bonchev–Trinajstić information content (AvgIpc) is 2.66. The third kappa shape index (κ3) is 2.59. The molecule has 2 rings (SSSR count). The monoisotopic (exact) mass is 276 g/mol. The van der Waals surface area contributed by atoms with Crippen molar-refractivity contribution in [1.82, 2.24) is 0 Å². The Balaban J connectivity index is 2.27. The van der Waals surface area contributed by atoms with Gasteiger partial charge >= 0.3 is 0 Å². The Bertz CT molecular complexity index is 410. The van der Waals surface area contributed by atoms with Gasteiger partial charge in [0.1, 0.15) is 5.82 Å². The molecule has 1 fully saturated rings. The summed E-state index contributed by atoms with van der Waals surface area (Å²) in [6, 6.07) is 4.45. The Hall–Kier alpha value is -0.310. The SMILES string of the molecule is CC1OCCC1(CCl)Cc1cc(F)ccc1Cl. The number of hydrogen-bond donors (Lipinski definition) is 0. The van der Waals surface area contributed by atoms with Crippen LogP contribution in [0, 0.1) is 11.2 Å². The van der Waals surface area contributed by atoms with Gasteiger partial charge in [-0.2, -0.15) is 0 Å². The first kappa shape index (κ1) is 13.1. The fourth-order valence-electron chi connectivity index (χ4n) is 2.33. The van der Waals surface area contributed by atoms with E-state index < -0.39 is 0 Å². The second-order valence-electron chi connectivity index (χ2n) is 4.67. The molecule has 0 N–H and O–H groups in total. The van der Waals surface area contributed by atoms with Crippen LogP contribution in [0.2, 0.25) is 5.02 Å². The minimum atomic E-state index is -0.263. The summed E-state index contributed by atoms with van der Waals surface area (Å²) in [6.45, 7) is 2.73. The van der Waals surface area contributed by atoms with Crippen molar-refractivity contribution < 1.29 is 9.13 Å². The van der Waals surface area contributed by atoms with Gasteiger partial charge in [0.05, 0.1) is 6.10 Å². The van der Waals surface area contributed by atoms with Crippen LogP contribution in [-0.4, -0.2) is 18.6 Å². The van der Waals surface area contributed by atoms with E-state index in [4.69, 9.17) is 27.9 Å². The molecule has 1 aromatic carbocycles. The predicted molar refractivity (Wildman–Crippen MR) is 68.3 cm³/mol. The van der Waals surface area contributed by atoms with Gasteiger partial charge in [-0.25, -0.2) is 4.39 Å². The summed E-state index contributed by atoms with van der Waals surface area (Å²) in [6.07, 6.45) is 1.64. The molecular weight excluding hydrogens is 262 g/mol. The van der Waals surface area contributed by atoms with Crippen molar-refractivity contribution in [2.24, 2.45) is 5.41 Å². The smallest absolute Gasteiger partial charge is 0.123 e. The van der Waals surface area contributed by atoms with Crippen LogP contribution < -0.4 is 0 Å². The first-order valence-corrected chi connectivity index (χ1v) is 6.60. The first-order chi connectivity index (χ1) is 8.07. The Labute approximate surface area is 111 Å². The molecule has 2 unspecified atom stereocenters. The number of benzene rings is 1. The second-order valence-corrected chi connectivity index (χ2v) is 5.35. The molecule has 1 nitrogen and oxygen atoms in total. The van der Waals surface area contributed by atoms with Gasteiger partial charge in [0.2, 0.25) is 0 Å². The average molecular weight is 277 g/mol. The van der Waals surface area contributed by atoms with E-state index in [1.807, 2.05) is 6.92 Å². The number of alkyl halides is 1. The van der Waals surface area contributed by atoms with Crippen molar-refractivity contribution >= 4 is 23.2 Å². The highest BCUT2D eigenvalue weighted by molar-refractivity contribution is 6.31. The van der Waals surface area contributed by atoms with E-state index in [2.05, 4.69) is 0 Å². The van der Waals surface area contributed by atoms with Gasteiger partial charge in [-0.15, -0.1) is 11.6 Å². The normalized spacial score (nSPS) is 28.6. The fourth-order valence-corrected chi connectivity index (χ4v) is 2.96. The maximum Gasteiger partial charge on any atom is 0.123 e. The molecule has 0 amide bonds. The van der Waals surface area contributed by atoms with Crippen molar-refractivity contribution in [2.45, 2.75) is 25.9 Å². The van der Waals surface area contributed by atoms with Gasteiger partial charge in [-0.1, -0.05) is 11.6 Å². The van der Waals surface area contributed by atoms with Gasteiger partial charge < -0.3 is 4.74 Å². The van der Waals surface area contributed by atoms with E-state index in [0.717, 1.165) is 12.0 Å². The topological polar surface area (TPSA) is 9.23 Å². The quantitative estimate of drug-likeness (QED) is 0.757. The van der Waals surface area contributed by atoms with E-state index >= 15 is 0 Å². The highest BCUT2D eigenvalue weighted by Crippen LogP contribution is 2.40. The van der Waals surface area contributed by atoms with Crippen LogP contribution in [-0.2, 0) is 11.2 Å². The molecule has 1 aliphatic rings. The minimum Gasteiger partial charge on any atom is -0.378 e. The predicted octanol–water partition coefficient (Wildman–Crippen LogP) is 4.06. The molecule has 1 aromatic rings. The molecule has 94 valence electrons. The van der Waals surface area contributed by atoms with Crippen molar-refractivity contribution in [3.8, 4) is 0 Å². The zero-order valence-corrected chi connectivity index (χ0v) is 11.2. The molecule has 0 radical (unpaired) electrons. The molecular formula is C13H15Cl2FO. The molecule has 0 saturated carbocycles. The van der Waals surface area contributed by atoms with E-state index in [1.165, 1.54) is 12.1 Å². The fraction of sp³-hybridized carbons (Fsp3) is 0.538. The highest BCUT2D eigenvalue weighted by Gasteiger charge is 2.41. The Morgan fingerprint density at radius 3 is 2.88 bits per heavy atom. The maximum atomic E-state index is 13.2. The minimum absolute atomic E-state index is 0.0827. The molecule has 0 aromatic heterocycles. The summed E-state index contributed by atoms with van der Waals surface area (Å²) in [5.74, 6) is 0.238. The summed E-state index contributed by atoms with van der Waals surface area (Å²) in [4.78, 5) is 0. The molecule has 17 heavy (non-hydrogen) atoms. The first-order valence-electron chi connectivity index (χ1n) is 5.69. The van der Waals surface area contributed by atoms with Crippen LogP contribution in [0.3, 0.4) is 0 Å². The summed E-state index contributed by atoms with van der Waals surface area (Å²) < 4.78 is 18.8. The summed E-state index contributed by atoms with van der Waals surface area (Å²) in [5, 5.41) is 0.593. The lowest BCUT2D eigenvalue weighted by Gasteiger charge is -2.30. The van der Waals surface area contributed by atoms with Crippen molar-refractivity contribution in [2.75, 3.05) is 12.5 Å². The van der Waals surface area contributed by atoms with E-state index in [9.17, 15) is 4.39 Å². The zero-order chi connectivity index (χ0) is 12.5. The van der Waals surface area contributed by atoms with Crippen LogP contribution in [0.15, 0.2) is 18.2 Å². The number of hydrogen-bond acceptors (Lipinski definition) is 1. The standard InChI is InChI=1S/C13H15Cl2FO/c1-9-13(8-14,4-5-17-9)7-10-6-11(16)2-3-12(10)15/h2-3,6,9H,4-5,7-8H2,1H3. The lowest BCUT2D eigenvalue weighted by Crippen LogP contribution is -2.33. The zero-order valence-electron chi connectivity index (χ0n) is 9.68. The van der Waals surface area contributed by atoms with Crippen LogP contribution in [0.4, 0.5) is 4.39 Å². The second kappa shape index (κ2) is 5.13. The van der Waals surface area contributed by atoms with Crippen molar-refractivity contribution in [1.29, 1.82) is 0 Å². The van der Waals surface area contributed by atoms with Gasteiger partial charge in [0, 0.05) is 22.9 Å². The Morgan fingerprint density at radius 1 is 1.53 bits per heavy atom. The molecule has 2 atom stereocenters.